The minimum Gasteiger partial charge on any atom is -0.489 e. The van der Waals surface area contributed by atoms with Crippen LogP contribution in [0.4, 0.5) is 4.39 Å². The minimum absolute atomic E-state index is 0.0503. The molecule has 0 aromatic heterocycles. The Bertz CT molecular complexity index is 1150. The number of aryl methyl sites for hydroxylation is 1. The number of hydrogen-bond donors (Lipinski definition) is 1. The van der Waals surface area contributed by atoms with Crippen molar-refractivity contribution in [1.29, 1.82) is 0 Å². The van der Waals surface area contributed by atoms with Gasteiger partial charge < -0.3 is 14.6 Å². The molecule has 3 rings (SSSR count). The van der Waals surface area contributed by atoms with Gasteiger partial charge in [0.2, 0.25) is 0 Å². The van der Waals surface area contributed by atoms with Gasteiger partial charge in [0.05, 0.1) is 6.61 Å². The molecule has 0 bridgehead atoms. The van der Waals surface area contributed by atoms with Crippen LogP contribution in [0.25, 0.3) is 22.3 Å². The largest absolute Gasteiger partial charge is 0.489 e. The first-order valence-corrected chi connectivity index (χ1v) is 12.0. The van der Waals surface area contributed by atoms with Crippen LogP contribution in [-0.4, -0.2) is 24.3 Å². The summed E-state index contributed by atoms with van der Waals surface area (Å²) in [5.41, 5.74) is 4.98. The van der Waals surface area contributed by atoms with E-state index in [1.807, 2.05) is 18.2 Å². The fourth-order valence-electron chi connectivity index (χ4n) is 3.77. The van der Waals surface area contributed by atoms with Crippen molar-refractivity contribution in [3.8, 4) is 28.0 Å². The molecule has 0 fully saturated rings. The van der Waals surface area contributed by atoms with Crippen LogP contribution in [-0.2, 0) is 22.6 Å². The van der Waals surface area contributed by atoms with Gasteiger partial charge >= 0.3 is 5.97 Å². The molecule has 3 aromatic rings. The molecule has 4 nitrogen and oxygen atoms in total. The van der Waals surface area contributed by atoms with Crippen molar-refractivity contribution in [2.75, 3.05) is 13.2 Å². The molecular weight excluding hydrogens is 443 g/mol. The lowest BCUT2D eigenvalue weighted by molar-refractivity contribution is -0.139. The first kappa shape index (κ1) is 26.2. The average Bonchev–Trinajstić information content (AvgIpc) is 2.86. The van der Waals surface area contributed by atoms with E-state index in [0.29, 0.717) is 22.4 Å². The molecule has 0 aliphatic rings. The molecule has 0 spiro atoms. The zero-order chi connectivity index (χ0) is 25.2. The van der Waals surface area contributed by atoms with Gasteiger partial charge in [-0.3, -0.25) is 0 Å². The average molecular weight is 477 g/mol. The van der Waals surface area contributed by atoms with Gasteiger partial charge in [-0.15, -0.1) is 0 Å². The van der Waals surface area contributed by atoms with E-state index >= 15 is 4.39 Å². The fraction of sp³-hybridized carbons (Fsp3) is 0.300. The van der Waals surface area contributed by atoms with Crippen molar-refractivity contribution in [3.63, 3.8) is 0 Å². The van der Waals surface area contributed by atoms with Crippen molar-refractivity contribution in [2.45, 2.75) is 46.1 Å². The number of esters is 1. The van der Waals surface area contributed by atoms with E-state index in [1.165, 1.54) is 6.07 Å². The van der Waals surface area contributed by atoms with E-state index in [2.05, 4.69) is 19.6 Å². The van der Waals surface area contributed by atoms with Crippen molar-refractivity contribution in [1.82, 2.24) is 0 Å². The second-order valence-corrected chi connectivity index (χ2v) is 8.60. The summed E-state index contributed by atoms with van der Waals surface area (Å²) >= 11 is 0. The molecule has 0 amide bonds. The van der Waals surface area contributed by atoms with E-state index in [4.69, 9.17) is 9.47 Å². The summed E-state index contributed by atoms with van der Waals surface area (Å²) in [6, 6.07) is 18.3. The Labute approximate surface area is 207 Å². The number of carbonyl (C=O) groups excluding carboxylic acids is 1. The molecule has 1 N–H and O–H groups in total. The summed E-state index contributed by atoms with van der Waals surface area (Å²) in [5.74, 6) is -0.163. The first-order chi connectivity index (χ1) is 16.9. The Morgan fingerprint density at radius 2 is 1.60 bits per heavy atom. The Kier molecular flexibility index (Phi) is 9.62. The Hall–Kier alpha value is -3.44. The third-order valence-electron chi connectivity index (χ3n) is 5.77. The minimum atomic E-state index is -0.452. The summed E-state index contributed by atoms with van der Waals surface area (Å²) in [5, 5.41) is 9.24. The molecule has 3 aromatic carbocycles. The van der Waals surface area contributed by atoms with Crippen LogP contribution in [0.3, 0.4) is 0 Å². The molecule has 0 heterocycles. The van der Waals surface area contributed by atoms with Gasteiger partial charge in [0, 0.05) is 16.7 Å². The summed E-state index contributed by atoms with van der Waals surface area (Å²) in [6.45, 7) is 7.58. The molecule has 0 atom stereocenters. The maximum absolute atomic E-state index is 15.1. The molecule has 0 radical (unpaired) electrons. The number of rotatable bonds is 12. The van der Waals surface area contributed by atoms with Crippen molar-refractivity contribution >= 4 is 5.97 Å². The molecule has 35 heavy (non-hydrogen) atoms. The summed E-state index contributed by atoms with van der Waals surface area (Å²) < 4.78 is 26.3. The maximum Gasteiger partial charge on any atom is 0.333 e. The van der Waals surface area contributed by atoms with Crippen LogP contribution in [0.1, 0.15) is 44.2 Å². The number of aliphatic hydroxyl groups excluding tert-OH is 1. The molecule has 0 unspecified atom stereocenters. The smallest absolute Gasteiger partial charge is 0.333 e. The van der Waals surface area contributed by atoms with E-state index in [-0.39, 0.29) is 25.6 Å². The Morgan fingerprint density at radius 3 is 2.26 bits per heavy atom. The highest BCUT2D eigenvalue weighted by atomic mass is 19.1. The molecule has 0 aliphatic carbocycles. The number of hydrogen-bond acceptors (Lipinski definition) is 4. The van der Waals surface area contributed by atoms with Gasteiger partial charge in [0.1, 0.15) is 24.8 Å². The topological polar surface area (TPSA) is 55.8 Å². The highest BCUT2D eigenvalue weighted by molar-refractivity contribution is 5.86. The number of halogens is 1. The highest BCUT2D eigenvalue weighted by Crippen LogP contribution is 2.34. The van der Waals surface area contributed by atoms with Crippen LogP contribution < -0.4 is 4.74 Å². The summed E-state index contributed by atoms with van der Waals surface area (Å²) in [7, 11) is 0. The van der Waals surface area contributed by atoms with Gasteiger partial charge in [-0.05, 0) is 54.2 Å². The number of unbranched alkanes of at least 4 members (excludes halogenated alkanes) is 2. The molecule has 0 aliphatic heterocycles. The molecule has 0 saturated carbocycles. The summed E-state index contributed by atoms with van der Waals surface area (Å²) in [4.78, 5) is 11.6. The molecule has 5 heteroatoms. The maximum atomic E-state index is 15.1. The molecular formula is C30H33FO4. The SMILES string of the molecule is C=C(C)C(=O)OCCOc1cc(CCCCC)ccc1-c1ccc(-c2ccc(CO)cc2)c(F)c1. The van der Waals surface area contributed by atoms with Crippen molar-refractivity contribution in [3.05, 3.63) is 89.8 Å². The molecule has 0 saturated heterocycles. The monoisotopic (exact) mass is 476 g/mol. The predicted octanol–water partition coefficient (Wildman–Crippen LogP) is 6.88. The zero-order valence-corrected chi connectivity index (χ0v) is 20.5. The van der Waals surface area contributed by atoms with Gasteiger partial charge in [0.15, 0.2) is 0 Å². The van der Waals surface area contributed by atoms with Crippen LogP contribution >= 0.6 is 0 Å². The zero-order valence-electron chi connectivity index (χ0n) is 20.5. The Balaban J connectivity index is 1.84. The second kappa shape index (κ2) is 12.9. The van der Waals surface area contributed by atoms with E-state index in [1.54, 1.807) is 37.3 Å². The van der Waals surface area contributed by atoms with Crippen molar-refractivity contribution in [2.24, 2.45) is 0 Å². The summed E-state index contributed by atoms with van der Waals surface area (Å²) in [6.07, 6.45) is 4.32. The third kappa shape index (κ3) is 7.27. The first-order valence-electron chi connectivity index (χ1n) is 12.0. The lowest BCUT2D eigenvalue weighted by atomic mass is 9.97. The normalized spacial score (nSPS) is 10.7. The van der Waals surface area contributed by atoms with Crippen molar-refractivity contribution < 1.29 is 23.8 Å². The number of aliphatic hydroxyl groups is 1. The highest BCUT2D eigenvalue weighted by Gasteiger charge is 2.13. The van der Waals surface area contributed by atoms with E-state index < -0.39 is 5.97 Å². The fourth-order valence-corrected chi connectivity index (χ4v) is 3.77. The third-order valence-corrected chi connectivity index (χ3v) is 5.77. The molecule has 184 valence electrons. The van der Waals surface area contributed by atoms with Gasteiger partial charge in [-0.25, -0.2) is 9.18 Å². The van der Waals surface area contributed by atoms with Gasteiger partial charge in [0.25, 0.3) is 0 Å². The second-order valence-electron chi connectivity index (χ2n) is 8.60. The van der Waals surface area contributed by atoms with Crippen LogP contribution in [0.2, 0.25) is 0 Å². The number of carbonyl (C=O) groups is 1. The standard InChI is InChI=1S/C30H33FO4/c1-4-5-6-7-22-10-14-27(29(18-22)34-16-17-35-30(33)21(2)3)25-13-15-26(28(31)19-25)24-11-8-23(20-32)9-12-24/h8-15,18-19,32H,2,4-7,16-17,20H2,1,3H3. The van der Waals surface area contributed by atoms with E-state index in [0.717, 1.165) is 47.9 Å². The Morgan fingerprint density at radius 1 is 0.914 bits per heavy atom. The number of ether oxygens (including phenoxy) is 2. The lowest BCUT2D eigenvalue weighted by Gasteiger charge is -2.15. The quantitative estimate of drug-likeness (QED) is 0.176. The van der Waals surface area contributed by atoms with Crippen LogP contribution in [0, 0.1) is 5.82 Å². The van der Waals surface area contributed by atoms with Gasteiger partial charge in [-0.2, -0.15) is 0 Å². The van der Waals surface area contributed by atoms with Gasteiger partial charge in [-0.1, -0.05) is 74.9 Å². The van der Waals surface area contributed by atoms with Crippen LogP contribution in [0.5, 0.6) is 5.75 Å². The predicted molar refractivity (Wildman–Crippen MR) is 138 cm³/mol. The lowest BCUT2D eigenvalue weighted by Crippen LogP contribution is -2.12. The number of benzene rings is 3. The van der Waals surface area contributed by atoms with E-state index in [9.17, 15) is 9.90 Å². The van der Waals surface area contributed by atoms with Crippen LogP contribution in [0.15, 0.2) is 72.8 Å².